The van der Waals surface area contributed by atoms with Crippen molar-refractivity contribution in [3.8, 4) is 5.75 Å². The van der Waals surface area contributed by atoms with E-state index in [1.807, 2.05) is 6.07 Å². The molecule has 0 saturated carbocycles. The third-order valence-electron chi connectivity index (χ3n) is 2.77. The summed E-state index contributed by atoms with van der Waals surface area (Å²) in [4.78, 5) is 10.9. The highest BCUT2D eigenvalue weighted by molar-refractivity contribution is 7.80. The summed E-state index contributed by atoms with van der Waals surface area (Å²) in [7, 11) is 1.51. The first-order valence-electron chi connectivity index (χ1n) is 6.56. The number of benzene rings is 1. The molecule has 0 aromatic heterocycles. The minimum absolute atomic E-state index is 0.114. The number of carbonyl (C=O) groups is 1. The smallest absolute Gasteiger partial charge is 0.307 e. The number of carboxylic acid groups (broad SMARTS) is 1. The van der Waals surface area contributed by atoms with E-state index < -0.39 is 5.97 Å². The lowest BCUT2D eigenvalue weighted by molar-refractivity contribution is -0.136. The summed E-state index contributed by atoms with van der Waals surface area (Å²) in [5.74, 6) is -0.381. The number of rotatable bonds is 7. The third kappa shape index (κ3) is 5.53. The summed E-state index contributed by atoms with van der Waals surface area (Å²) in [5.41, 5.74) is 4.78. The zero-order valence-corrected chi connectivity index (χ0v) is 13.4. The average Bonchev–Trinajstić information content (AvgIpc) is 2.49. The van der Waals surface area contributed by atoms with E-state index in [4.69, 9.17) is 22.1 Å². The van der Waals surface area contributed by atoms with Gasteiger partial charge in [-0.1, -0.05) is 6.08 Å². The van der Waals surface area contributed by atoms with Gasteiger partial charge in [0.05, 0.1) is 19.2 Å². The van der Waals surface area contributed by atoms with Crippen LogP contribution in [0.4, 0.5) is 0 Å². The van der Waals surface area contributed by atoms with Crippen molar-refractivity contribution in [3.63, 3.8) is 0 Å². The van der Waals surface area contributed by atoms with E-state index in [1.165, 1.54) is 7.11 Å². The Balaban J connectivity index is 2.88. The number of nitrogens with zero attached hydrogens (tertiary/aromatic N) is 1. The predicted octanol–water partition coefficient (Wildman–Crippen LogP) is 1.70. The summed E-state index contributed by atoms with van der Waals surface area (Å²) in [6, 6.07) is 5.28. The molecule has 0 bridgehead atoms. The number of hydrogen-bond acceptors (Lipinski definition) is 4. The van der Waals surface area contributed by atoms with E-state index in [0.29, 0.717) is 28.7 Å². The topological polar surface area (TPSA) is 83.0 Å². The lowest BCUT2D eigenvalue weighted by Gasteiger charge is -2.10. The van der Waals surface area contributed by atoms with Gasteiger partial charge in [-0.05, 0) is 42.9 Å². The first kappa shape index (κ1) is 17.6. The summed E-state index contributed by atoms with van der Waals surface area (Å²) in [5, 5.41) is 16.4. The van der Waals surface area contributed by atoms with Gasteiger partial charge in [0.1, 0.15) is 5.75 Å². The Labute approximate surface area is 134 Å². The number of thiocarbonyl (C=S) groups is 1. The van der Waals surface area contributed by atoms with Gasteiger partial charge in [0.25, 0.3) is 0 Å². The molecule has 1 rings (SSSR count). The molecule has 3 N–H and O–H groups in total. The predicted molar refractivity (Wildman–Crippen MR) is 90.5 cm³/mol. The molecule has 0 aliphatic carbocycles. The number of hydrogen-bond donors (Lipinski definition) is 3. The second-order valence-electron chi connectivity index (χ2n) is 4.40. The van der Waals surface area contributed by atoms with Crippen molar-refractivity contribution in [1.82, 2.24) is 10.7 Å². The fourth-order valence-corrected chi connectivity index (χ4v) is 1.84. The van der Waals surface area contributed by atoms with Crippen LogP contribution in [0.5, 0.6) is 5.75 Å². The maximum absolute atomic E-state index is 10.9. The van der Waals surface area contributed by atoms with Gasteiger partial charge in [-0.2, -0.15) is 5.10 Å². The lowest BCUT2D eigenvalue weighted by Crippen LogP contribution is -2.32. The van der Waals surface area contributed by atoms with E-state index in [-0.39, 0.29) is 6.42 Å². The highest BCUT2D eigenvalue weighted by atomic mass is 32.1. The van der Waals surface area contributed by atoms with Gasteiger partial charge in [0, 0.05) is 12.1 Å². The molecule has 0 fully saturated rings. The van der Waals surface area contributed by atoms with Crippen LogP contribution in [0.15, 0.2) is 36.0 Å². The fourth-order valence-electron chi connectivity index (χ4n) is 1.71. The van der Waals surface area contributed by atoms with Crippen LogP contribution in [0, 0.1) is 0 Å². The second-order valence-corrected chi connectivity index (χ2v) is 4.81. The van der Waals surface area contributed by atoms with E-state index in [9.17, 15) is 4.79 Å². The first-order valence-corrected chi connectivity index (χ1v) is 6.96. The second kappa shape index (κ2) is 8.78. The number of ether oxygens (including phenoxy) is 1. The van der Waals surface area contributed by atoms with Crippen LogP contribution in [0.25, 0.3) is 0 Å². The molecule has 1 aromatic carbocycles. The molecule has 7 heteroatoms. The number of aliphatic carboxylic acids is 1. The number of nitrogens with one attached hydrogen (secondary N) is 2. The van der Waals surface area contributed by atoms with Gasteiger partial charge in [-0.15, -0.1) is 6.58 Å². The van der Waals surface area contributed by atoms with E-state index in [2.05, 4.69) is 22.4 Å². The van der Waals surface area contributed by atoms with Crippen molar-refractivity contribution < 1.29 is 14.6 Å². The molecular formula is C15H19N3O3S. The van der Waals surface area contributed by atoms with Crippen molar-refractivity contribution in [2.75, 3.05) is 13.7 Å². The minimum Gasteiger partial charge on any atom is -0.496 e. The molecule has 0 radical (unpaired) electrons. The molecule has 0 unspecified atom stereocenters. The molecule has 118 valence electrons. The SMILES string of the molecule is C=CCNC(=S)N/N=C(/C)c1ccc(OC)c(CC(=O)O)c1. The van der Waals surface area contributed by atoms with Crippen molar-refractivity contribution >= 4 is 29.0 Å². The highest BCUT2D eigenvalue weighted by Gasteiger charge is 2.10. The number of carboxylic acids is 1. The monoisotopic (exact) mass is 321 g/mol. The molecule has 0 amide bonds. The Kier molecular flexibility index (Phi) is 7.04. The Hall–Kier alpha value is -2.41. The summed E-state index contributed by atoms with van der Waals surface area (Å²) < 4.78 is 5.16. The Morgan fingerprint density at radius 2 is 2.27 bits per heavy atom. The van der Waals surface area contributed by atoms with Gasteiger partial charge in [-0.25, -0.2) is 0 Å². The maximum Gasteiger partial charge on any atom is 0.307 e. The normalized spacial score (nSPS) is 10.7. The third-order valence-corrected chi connectivity index (χ3v) is 3.01. The molecular weight excluding hydrogens is 302 g/mol. The molecule has 0 heterocycles. The minimum atomic E-state index is -0.919. The highest BCUT2D eigenvalue weighted by Crippen LogP contribution is 2.21. The van der Waals surface area contributed by atoms with E-state index in [1.54, 1.807) is 25.1 Å². The van der Waals surface area contributed by atoms with Gasteiger partial charge in [0.15, 0.2) is 5.11 Å². The molecule has 0 spiro atoms. The summed E-state index contributed by atoms with van der Waals surface area (Å²) >= 11 is 5.04. The first-order chi connectivity index (χ1) is 10.5. The van der Waals surface area contributed by atoms with Crippen molar-refractivity contribution in [3.05, 3.63) is 42.0 Å². The number of methoxy groups -OCH3 is 1. The van der Waals surface area contributed by atoms with Crippen LogP contribution in [-0.4, -0.2) is 35.6 Å². The van der Waals surface area contributed by atoms with Crippen LogP contribution in [0.3, 0.4) is 0 Å². The summed E-state index contributed by atoms with van der Waals surface area (Å²) in [6.07, 6.45) is 1.57. The van der Waals surface area contributed by atoms with Crippen molar-refractivity contribution in [2.24, 2.45) is 5.10 Å². The van der Waals surface area contributed by atoms with Crippen LogP contribution in [0.2, 0.25) is 0 Å². The fraction of sp³-hybridized carbons (Fsp3) is 0.267. The average molecular weight is 321 g/mol. The molecule has 6 nitrogen and oxygen atoms in total. The molecule has 0 aliphatic rings. The van der Waals surface area contributed by atoms with E-state index >= 15 is 0 Å². The Morgan fingerprint density at radius 1 is 1.55 bits per heavy atom. The lowest BCUT2D eigenvalue weighted by atomic mass is 10.0. The van der Waals surface area contributed by atoms with Crippen molar-refractivity contribution in [2.45, 2.75) is 13.3 Å². The Bertz CT molecular complexity index is 600. The molecule has 0 aliphatic heterocycles. The standard InChI is InChI=1S/C15H19N3O3S/c1-4-7-16-15(22)18-17-10(2)11-5-6-13(21-3)12(8-11)9-14(19)20/h4-6,8H,1,7,9H2,2-3H3,(H,19,20)(H2,16,18,22)/b17-10-. The number of hydrazone groups is 1. The zero-order valence-electron chi connectivity index (χ0n) is 12.5. The van der Waals surface area contributed by atoms with Crippen molar-refractivity contribution in [1.29, 1.82) is 0 Å². The molecule has 0 saturated heterocycles. The largest absolute Gasteiger partial charge is 0.496 e. The quantitative estimate of drug-likeness (QED) is 0.307. The van der Waals surface area contributed by atoms with Crippen LogP contribution < -0.4 is 15.5 Å². The van der Waals surface area contributed by atoms with Gasteiger partial charge in [0.2, 0.25) is 0 Å². The molecule has 22 heavy (non-hydrogen) atoms. The van der Waals surface area contributed by atoms with Gasteiger partial charge < -0.3 is 15.2 Å². The van der Waals surface area contributed by atoms with Crippen LogP contribution in [-0.2, 0) is 11.2 Å². The van der Waals surface area contributed by atoms with Gasteiger partial charge in [-0.3, -0.25) is 10.2 Å². The van der Waals surface area contributed by atoms with Gasteiger partial charge >= 0.3 is 5.97 Å². The zero-order chi connectivity index (χ0) is 16.5. The van der Waals surface area contributed by atoms with Crippen LogP contribution in [0.1, 0.15) is 18.1 Å². The van der Waals surface area contributed by atoms with E-state index in [0.717, 1.165) is 5.56 Å². The molecule has 0 atom stereocenters. The maximum atomic E-state index is 10.9. The van der Waals surface area contributed by atoms with Crippen LogP contribution >= 0.6 is 12.2 Å². The summed E-state index contributed by atoms with van der Waals surface area (Å²) in [6.45, 7) is 5.93. The Morgan fingerprint density at radius 3 is 2.86 bits per heavy atom. The molecule has 1 aromatic rings.